The van der Waals surface area contributed by atoms with Crippen LogP contribution in [0, 0.1) is 36.0 Å². The topological polar surface area (TPSA) is 129 Å². The highest BCUT2D eigenvalue weighted by molar-refractivity contribution is 5.97. The lowest BCUT2D eigenvalue weighted by Crippen LogP contribution is -2.33. The average Bonchev–Trinajstić information content (AvgIpc) is 3.83. The van der Waals surface area contributed by atoms with Crippen molar-refractivity contribution in [1.82, 2.24) is 30.4 Å². The number of rotatable bonds is 19. The van der Waals surface area contributed by atoms with Gasteiger partial charge in [-0.15, -0.1) is 0 Å². The number of imidazole rings is 1. The summed E-state index contributed by atoms with van der Waals surface area (Å²) in [5, 5.41) is 17.7. The minimum absolute atomic E-state index is 0.0751. The number of aromatic nitrogens is 4. The average molecular weight is 780 g/mol. The van der Waals surface area contributed by atoms with E-state index in [1.807, 2.05) is 48.5 Å². The van der Waals surface area contributed by atoms with Gasteiger partial charge in [-0.1, -0.05) is 93.6 Å². The van der Waals surface area contributed by atoms with Crippen LogP contribution in [0.25, 0.3) is 0 Å². The van der Waals surface area contributed by atoms with Crippen LogP contribution in [-0.4, -0.2) is 56.4 Å². The summed E-state index contributed by atoms with van der Waals surface area (Å²) in [4.78, 5) is 30.6. The first-order valence-corrected chi connectivity index (χ1v) is 20.8. The van der Waals surface area contributed by atoms with E-state index < -0.39 is 18.5 Å². The van der Waals surface area contributed by atoms with Crippen LogP contribution < -0.4 is 10.6 Å². The first kappa shape index (κ1) is 51.6. The lowest BCUT2D eigenvalue weighted by Gasteiger charge is -2.30. The monoisotopic (exact) mass is 780 g/mol. The Morgan fingerprint density at radius 3 is 2.18 bits per heavy atom. The molecule has 0 bridgehead atoms. The molecular formula is C43H76F3N7O2. The summed E-state index contributed by atoms with van der Waals surface area (Å²) < 4.78 is 43.1. The van der Waals surface area contributed by atoms with Crippen LogP contribution in [0.3, 0.4) is 0 Å². The number of carbonyl (C=O) groups excluding carboxylic acids is 2. The van der Waals surface area contributed by atoms with Crippen molar-refractivity contribution in [2.75, 3.05) is 13.2 Å². The van der Waals surface area contributed by atoms with Crippen molar-refractivity contribution in [3.8, 4) is 0 Å². The van der Waals surface area contributed by atoms with Crippen LogP contribution >= 0.6 is 0 Å². The van der Waals surface area contributed by atoms with Crippen molar-refractivity contribution in [2.45, 2.75) is 172 Å². The molecule has 0 radical (unpaired) electrons. The van der Waals surface area contributed by atoms with E-state index >= 15 is 0 Å². The van der Waals surface area contributed by atoms with Gasteiger partial charge < -0.3 is 21.0 Å². The number of hydrogen-bond donors (Lipinski definition) is 4. The number of amides is 2. The Morgan fingerprint density at radius 2 is 1.71 bits per heavy atom. The first-order chi connectivity index (χ1) is 26.0. The standard InChI is InChI=1S/C18H28FN5O.C17H31F2N.C6H11NO.C2H6/c1-4-13(2)6-5-7-15(16-12-20-14(3)22-16)23-18(25)17-8-10-21-24(17)11-9-19;1-7-12(4)10-11-17(18,19)15(9-3)16(14(6)20)13(5)8-2;1-5-2-3-6(8)7-4-5;1-2/h8,10,12-13,15H,4-7,9,11H2,1-3H3,(H,20,22)(H,23,25);12,15,20H,7-11H2,1-6H3;5H,2-4H2,1H3,(H,7,8);1-2H3. The largest absolute Gasteiger partial charge is 0.356 e. The highest BCUT2D eigenvalue weighted by Gasteiger charge is 2.41. The predicted molar refractivity (Wildman–Crippen MR) is 222 cm³/mol. The number of nitrogens with one attached hydrogen (secondary N) is 4. The summed E-state index contributed by atoms with van der Waals surface area (Å²) in [6, 6.07) is 1.46. The molecule has 0 aliphatic carbocycles. The second kappa shape index (κ2) is 28.0. The van der Waals surface area contributed by atoms with E-state index in [0.29, 0.717) is 47.6 Å². The molecule has 1 aliphatic heterocycles. The van der Waals surface area contributed by atoms with E-state index in [4.69, 9.17) is 5.41 Å². The number of aryl methyl sites for hydroxylation is 2. The number of alkyl halides is 3. The van der Waals surface area contributed by atoms with E-state index in [-0.39, 0.29) is 30.8 Å². The Kier molecular flexibility index (Phi) is 26.3. The van der Waals surface area contributed by atoms with Gasteiger partial charge >= 0.3 is 0 Å². The second-order valence-electron chi connectivity index (χ2n) is 14.9. The maximum Gasteiger partial charge on any atom is 0.270 e. The van der Waals surface area contributed by atoms with E-state index in [2.05, 4.69) is 46.5 Å². The molecule has 2 aromatic rings. The zero-order valence-electron chi connectivity index (χ0n) is 36.3. The summed E-state index contributed by atoms with van der Waals surface area (Å²) in [7, 11) is 0. The first-order valence-electron chi connectivity index (χ1n) is 20.8. The molecule has 1 saturated heterocycles. The molecule has 2 amide bonds. The number of hydrogen-bond acceptors (Lipinski definition) is 5. The molecule has 5 unspecified atom stereocenters. The zero-order chi connectivity index (χ0) is 42.1. The van der Waals surface area contributed by atoms with Crippen molar-refractivity contribution < 1.29 is 22.8 Å². The number of H-pyrrole nitrogens is 1. The number of carbonyl (C=O) groups is 2. The van der Waals surface area contributed by atoms with Gasteiger partial charge in [0.05, 0.1) is 24.5 Å². The van der Waals surface area contributed by atoms with Crippen molar-refractivity contribution in [3.05, 3.63) is 46.8 Å². The van der Waals surface area contributed by atoms with Gasteiger partial charge in [0, 0.05) is 37.2 Å². The fraction of sp³-hybridized carbons (Fsp3) is 0.744. The Bertz CT molecular complexity index is 1390. The van der Waals surface area contributed by atoms with Gasteiger partial charge in [0.25, 0.3) is 11.8 Å². The molecule has 316 valence electrons. The van der Waals surface area contributed by atoms with E-state index in [0.717, 1.165) is 75.0 Å². The Balaban J connectivity index is 0.000000863. The summed E-state index contributed by atoms with van der Waals surface area (Å²) >= 11 is 0. The quantitative estimate of drug-likeness (QED) is 0.106. The SMILES string of the molecule is CC.CC1CCC(=O)NC1.CCC(C)=C(C(C)=N)C(CC)C(F)(F)CCC(C)CC.CCC(C)CCCC(NC(=O)c1ccnn1CCF)c1cnc(C)[nH]1. The molecule has 3 rings (SSSR count). The van der Waals surface area contributed by atoms with Crippen molar-refractivity contribution >= 4 is 17.5 Å². The van der Waals surface area contributed by atoms with Crippen molar-refractivity contribution in [2.24, 2.45) is 23.7 Å². The highest BCUT2D eigenvalue weighted by atomic mass is 19.3. The third-order valence-corrected chi connectivity index (χ3v) is 10.4. The predicted octanol–water partition coefficient (Wildman–Crippen LogP) is 11.4. The molecule has 55 heavy (non-hydrogen) atoms. The van der Waals surface area contributed by atoms with E-state index in [1.54, 1.807) is 26.1 Å². The third-order valence-electron chi connectivity index (χ3n) is 10.4. The summed E-state index contributed by atoms with van der Waals surface area (Å²) in [6.45, 7) is 24.2. The molecule has 0 saturated carbocycles. The molecule has 3 heterocycles. The van der Waals surface area contributed by atoms with Gasteiger partial charge in [0.1, 0.15) is 18.2 Å². The molecule has 0 aromatic carbocycles. The number of halogens is 3. The van der Waals surface area contributed by atoms with Gasteiger partial charge in [0.2, 0.25) is 5.91 Å². The molecule has 4 N–H and O–H groups in total. The highest BCUT2D eigenvalue weighted by Crippen LogP contribution is 2.40. The van der Waals surface area contributed by atoms with Crippen LogP contribution in [0.5, 0.6) is 0 Å². The molecule has 1 aliphatic rings. The van der Waals surface area contributed by atoms with Gasteiger partial charge in [-0.3, -0.25) is 14.3 Å². The maximum atomic E-state index is 14.6. The number of aromatic amines is 1. The number of piperidine rings is 1. The van der Waals surface area contributed by atoms with Crippen LogP contribution in [0.1, 0.15) is 175 Å². The third kappa shape index (κ3) is 19.3. The Morgan fingerprint density at radius 1 is 1.07 bits per heavy atom. The van der Waals surface area contributed by atoms with Crippen molar-refractivity contribution in [3.63, 3.8) is 0 Å². The van der Waals surface area contributed by atoms with E-state index in [9.17, 15) is 22.8 Å². The zero-order valence-corrected chi connectivity index (χ0v) is 36.3. The lowest BCUT2D eigenvalue weighted by molar-refractivity contribution is -0.122. The molecule has 1 fully saturated rings. The lowest BCUT2D eigenvalue weighted by atomic mass is 9.81. The second-order valence-corrected chi connectivity index (χ2v) is 14.9. The fourth-order valence-electron chi connectivity index (χ4n) is 6.27. The number of allylic oxidation sites excluding steroid dienone is 2. The molecule has 0 spiro atoms. The van der Waals surface area contributed by atoms with E-state index in [1.165, 1.54) is 10.9 Å². The molecule has 5 atom stereocenters. The summed E-state index contributed by atoms with van der Waals surface area (Å²) in [5.41, 5.74) is 3.06. The van der Waals surface area contributed by atoms with Crippen LogP contribution in [0.15, 0.2) is 29.6 Å². The fourth-order valence-corrected chi connectivity index (χ4v) is 6.27. The minimum atomic E-state index is -2.72. The molecule has 2 aromatic heterocycles. The van der Waals surface area contributed by atoms with Crippen LogP contribution in [-0.2, 0) is 11.3 Å². The van der Waals surface area contributed by atoms with Gasteiger partial charge in [0.15, 0.2) is 0 Å². The smallest absolute Gasteiger partial charge is 0.270 e. The molecular weight excluding hydrogens is 704 g/mol. The Hall–Kier alpha value is -3.44. The summed E-state index contributed by atoms with van der Waals surface area (Å²) in [5.74, 6) is -1.05. The molecule has 12 heteroatoms. The Labute approximate surface area is 331 Å². The normalized spacial score (nSPS) is 16.6. The molecule has 9 nitrogen and oxygen atoms in total. The van der Waals surface area contributed by atoms with Gasteiger partial charge in [-0.05, 0) is 82.3 Å². The van der Waals surface area contributed by atoms with Crippen LogP contribution in [0.2, 0.25) is 0 Å². The maximum absolute atomic E-state index is 14.6. The van der Waals surface area contributed by atoms with Gasteiger partial charge in [-0.25, -0.2) is 18.2 Å². The number of nitrogens with zero attached hydrogens (tertiary/aromatic N) is 3. The van der Waals surface area contributed by atoms with Gasteiger partial charge in [-0.2, -0.15) is 5.10 Å². The van der Waals surface area contributed by atoms with Crippen molar-refractivity contribution in [1.29, 1.82) is 5.41 Å². The summed E-state index contributed by atoms with van der Waals surface area (Å²) in [6.07, 6.45) is 11.7. The van der Waals surface area contributed by atoms with Crippen LogP contribution in [0.4, 0.5) is 13.2 Å². The minimum Gasteiger partial charge on any atom is -0.356 e.